The van der Waals surface area contributed by atoms with Gasteiger partial charge in [-0.1, -0.05) is 15.9 Å². The Bertz CT molecular complexity index is 618. The maximum absolute atomic E-state index is 12.9. The van der Waals surface area contributed by atoms with E-state index in [0.29, 0.717) is 41.7 Å². The number of halogens is 1. The number of sulfonamides is 1. The van der Waals surface area contributed by atoms with E-state index in [9.17, 15) is 13.5 Å². The van der Waals surface area contributed by atoms with Gasteiger partial charge in [0, 0.05) is 24.2 Å². The summed E-state index contributed by atoms with van der Waals surface area (Å²) in [5, 5.41) is 9.29. The van der Waals surface area contributed by atoms with Gasteiger partial charge < -0.3 is 9.84 Å². The zero-order valence-corrected chi connectivity index (χ0v) is 14.6. The molecule has 0 radical (unpaired) electrons. The third-order valence-electron chi connectivity index (χ3n) is 3.57. The number of aliphatic hydroxyl groups excluding tert-OH is 1. The molecule has 1 aliphatic heterocycles. The lowest BCUT2D eigenvalue weighted by Crippen LogP contribution is -2.36. The van der Waals surface area contributed by atoms with Crippen molar-refractivity contribution in [3.8, 4) is 0 Å². The molecule has 1 atom stereocenters. The average Bonchev–Trinajstić information content (AvgIpc) is 2.66. The quantitative estimate of drug-likeness (QED) is 0.874. The summed E-state index contributed by atoms with van der Waals surface area (Å²) in [6.45, 7) is 4.82. The Kier molecular flexibility index (Phi) is 5.43. The van der Waals surface area contributed by atoms with Crippen molar-refractivity contribution >= 4 is 26.0 Å². The van der Waals surface area contributed by atoms with Crippen LogP contribution in [0.2, 0.25) is 0 Å². The molecule has 7 heteroatoms. The van der Waals surface area contributed by atoms with Gasteiger partial charge in [-0.25, -0.2) is 8.42 Å². The summed E-state index contributed by atoms with van der Waals surface area (Å²) in [5.41, 5.74) is 1.23. The second-order valence-electron chi connectivity index (χ2n) is 5.26. The Balaban J connectivity index is 2.45. The number of benzene rings is 1. The molecule has 1 aromatic rings. The smallest absolute Gasteiger partial charge is 0.243 e. The molecule has 1 heterocycles. The van der Waals surface area contributed by atoms with Crippen LogP contribution in [0.25, 0.3) is 0 Å². The van der Waals surface area contributed by atoms with E-state index in [-0.39, 0.29) is 17.6 Å². The molecule has 0 aliphatic carbocycles. The zero-order valence-electron chi connectivity index (χ0n) is 12.2. The minimum absolute atomic E-state index is 0.118. The normalized spacial score (nSPS) is 21.2. The first-order valence-corrected chi connectivity index (χ1v) is 9.11. The van der Waals surface area contributed by atoms with Gasteiger partial charge in [-0.3, -0.25) is 0 Å². The topological polar surface area (TPSA) is 66.8 Å². The molecule has 1 N–H and O–H groups in total. The van der Waals surface area contributed by atoms with Crippen LogP contribution in [0.15, 0.2) is 21.5 Å². The lowest BCUT2D eigenvalue weighted by molar-refractivity contribution is 0.0752. The van der Waals surface area contributed by atoms with Crippen LogP contribution in [0.3, 0.4) is 0 Å². The summed E-state index contributed by atoms with van der Waals surface area (Å²) >= 11 is 3.36. The van der Waals surface area contributed by atoms with Crippen LogP contribution >= 0.6 is 15.9 Å². The Hall–Kier alpha value is -0.470. The van der Waals surface area contributed by atoms with Crippen LogP contribution in [-0.2, 0) is 21.4 Å². The van der Waals surface area contributed by atoms with Crippen molar-refractivity contribution < 1.29 is 18.3 Å². The first-order valence-electron chi connectivity index (χ1n) is 6.88. The van der Waals surface area contributed by atoms with Gasteiger partial charge in [-0.05, 0) is 43.5 Å². The summed E-state index contributed by atoms with van der Waals surface area (Å²) in [7, 11) is -3.59. The van der Waals surface area contributed by atoms with E-state index in [2.05, 4.69) is 15.9 Å². The SMILES string of the molecule is Cc1c(Br)cc(CO)cc1S(=O)(=O)N1CCCOC(C)C1. The molecule has 118 valence electrons. The molecule has 2 rings (SSSR count). The van der Waals surface area contributed by atoms with Crippen LogP contribution in [0.1, 0.15) is 24.5 Å². The molecule has 0 spiro atoms. The summed E-state index contributed by atoms with van der Waals surface area (Å²) in [5.74, 6) is 0. The Labute approximate surface area is 134 Å². The molecule has 1 aliphatic rings. The monoisotopic (exact) mass is 377 g/mol. The van der Waals surface area contributed by atoms with Gasteiger partial charge >= 0.3 is 0 Å². The maximum Gasteiger partial charge on any atom is 0.243 e. The zero-order chi connectivity index (χ0) is 15.6. The van der Waals surface area contributed by atoms with Gasteiger partial charge in [0.1, 0.15) is 0 Å². The van der Waals surface area contributed by atoms with Crippen molar-refractivity contribution in [3.63, 3.8) is 0 Å². The van der Waals surface area contributed by atoms with Crippen LogP contribution in [0.5, 0.6) is 0 Å². The highest BCUT2D eigenvalue weighted by Gasteiger charge is 2.29. The maximum atomic E-state index is 12.9. The fourth-order valence-electron chi connectivity index (χ4n) is 2.38. The molecule has 0 aromatic heterocycles. The predicted molar refractivity (Wildman–Crippen MR) is 83.6 cm³/mol. The third-order valence-corrected chi connectivity index (χ3v) is 6.39. The van der Waals surface area contributed by atoms with Gasteiger partial charge in [-0.15, -0.1) is 0 Å². The molecule has 21 heavy (non-hydrogen) atoms. The molecule has 1 fully saturated rings. The van der Waals surface area contributed by atoms with Gasteiger partial charge in [0.15, 0.2) is 0 Å². The number of hydrogen-bond acceptors (Lipinski definition) is 4. The molecular formula is C14H20BrNO4S. The Morgan fingerprint density at radius 1 is 1.48 bits per heavy atom. The molecular weight excluding hydrogens is 358 g/mol. The highest BCUT2D eigenvalue weighted by Crippen LogP contribution is 2.29. The summed E-state index contributed by atoms with van der Waals surface area (Å²) in [6, 6.07) is 3.29. The van der Waals surface area contributed by atoms with Crippen molar-refractivity contribution in [1.82, 2.24) is 4.31 Å². The van der Waals surface area contributed by atoms with E-state index in [1.54, 1.807) is 19.1 Å². The third kappa shape index (κ3) is 3.65. The number of aliphatic hydroxyl groups is 1. The second kappa shape index (κ2) is 6.75. The highest BCUT2D eigenvalue weighted by molar-refractivity contribution is 9.10. The molecule has 0 amide bonds. The van der Waals surface area contributed by atoms with Crippen LogP contribution in [-0.4, -0.2) is 43.6 Å². The van der Waals surface area contributed by atoms with Crippen molar-refractivity contribution in [2.24, 2.45) is 0 Å². The van der Waals surface area contributed by atoms with Gasteiger partial charge in [0.05, 0.1) is 17.6 Å². The second-order valence-corrected chi connectivity index (χ2v) is 8.02. The standard InChI is InChI=1S/C14H20BrNO4S/c1-10-8-16(4-3-5-20-10)21(18,19)14-7-12(9-17)6-13(15)11(14)2/h6-7,10,17H,3-5,8-9H2,1-2H3. The predicted octanol–water partition coefficient (Wildman–Crippen LogP) is 2.05. The number of ether oxygens (including phenoxy) is 1. The first kappa shape index (κ1) is 16.9. The minimum Gasteiger partial charge on any atom is -0.392 e. The molecule has 5 nitrogen and oxygen atoms in total. The van der Waals surface area contributed by atoms with Crippen molar-refractivity contribution in [2.75, 3.05) is 19.7 Å². The lowest BCUT2D eigenvalue weighted by atomic mass is 10.2. The Morgan fingerprint density at radius 2 is 2.19 bits per heavy atom. The van der Waals surface area contributed by atoms with E-state index in [4.69, 9.17) is 4.74 Å². The summed E-state index contributed by atoms with van der Waals surface area (Å²) in [6.07, 6.45) is 0.566. The van der Waals surface area contributed by atoms with Crippen LogP contribution in [0, 0.1) is 6.92 Å². The minimum atomic E-state index is -3.59. The first-order chi connectivity index (χ1) is 9.86. The Morgan fingerprint density at radius 3 is 2.86 bits per heavy atom. The highest BCUT2D eigenvalue weighted by atomic mass is 79.9. The summed E-state index contributed by atoms with van der Waals surface area (Å²) in [4.78, 5) is 0.245. The van der Waals surface area contributed by atoms with Crippen LogP contribution < -0.4 is 0 Å². The van der Waals surface area contributed by atoms with E-state index >= 15 is 0 Å². The molecule has 1 unspecified atom stereocenters. The van der Waals surface area contributed by atoms with Crippen molar-refractivity contribution in [2.45, 2.75) is 37.9 Å². The molecule has 0 bridgehead atoms. The van der Waals surface area contributed by atoms with Gasteiger partial charge in [0.25, 0.3) is 0 Å². The molecule has 0 saturated carbocycles. The molecule has 1 aromatic carbocycles. The van der Waals surface area contributed by atoms with Crippen molar-refractivity contribution in [3.05, 3.63) is 27.7 Å². The summed E-state index contributed by atoms with van der Waals surface area (Å²) < 4.78 is 33.5. The van der Waals surface area contributed by atoms with Gasteiger partial charge in [-0.2, -0.15) is 4.31 Å². The lowest BCUT2D eigenvalue weighted by Gasteiger charge is -2.23. The van der Waals surface area contributed by atoms with E-state index in [1.807, 2.05) is 6.92 Å². The van der Waals surface area contributed by atoms with Crippen molar-refractivity contribution in [1.29, 1.82) is 0 Å². The fraction of sp³-hybridized carbons (Fsp3) is 0.571. The molecule has 1 saturated heterocycles. The van der Waals surface area contributed by atoms with E-state index in [0.717, 1.165) is 0 Å². The van der Waals surface area contributed by atoms with E-state index < -0.39 is 10.0 Å². The van der Waals surface area contributed by atoms with Crippen LogP contribution in [0.4, 0.5) is 0 Å². The van der Waals surface area contributed by atoms with Gasteiger partial charge in [0.2, 0.25) is 10.0 Å². The number of rotatable bonds is 3. The largest absolute Gasteiger partial charge is 0.392 e. The van der Waals surface area contributed by atoms with E-state index in [1.165, 1.54) is 4.31 Å². The average molecular weight is 378 g/mol. The number of hydrogen-bond donors (Lipinski definition) is 1. The number of nitrogens with zero attached hydrogens (tertiary/aromatic N) is 1. The fourth-order valence-corrected chi connectivity index (χ4v) is 4.87.